The molecule has 0 heterocycles. The average Bonchev–Trinajstić information content (AvgIpc) is 2.05. The second-order valence-corrected chi connectivity index (χ2v) is 2.87. The Balaban J connectivity index is 3.02. The number of hydrogen-bond acceptors (Lipinski definition) is 1. The summed E-state index contributed by atoms with van der Waals surface area (Å²) in [6, 6.07) is 8.34. The van der Waals surface area contributed by atoms with Crippen molar-refractivity contribution in [1.82, 2.24) is 0 Å². The van der Waals surface area contributed by atoms with Crippen LogP contribution >= 0.6 is 0 Å². The van der Waals surface area contributed by atoms with Crippen molar-refractivity contribution >= 4 is 5.71 Å². The van der Waals surface area contributed by atoms with E-state index < -0.39 is 0 Å². The highest BCUT2D eigenvalue weighted by Gasteiger charge is 1.98. The van der Waals surface area contributed by atoms with Crippen molar-refractivity contribution < 1.29 is 0 Å². The summed E-state index contributed by atoms with van der Waals surface area (Å²) in [5, 5.41) is 0. The number of nitrogens with zero attached hydrogens (tertiary/aromatic N) is 1. The first-order chi connectivity index (χ1) is 5.75. The molecule has 0 radical (unpaired) electrons. The Kier molecular flexibility index (Phi) is 3.03. The molecular weight excluding hydrogens is 146 g/mol. The van der Waals surface area contributed by atoms with Crippen LogP contribution in [0.3, 0.4) is 0 Å². The maximum absolute atomic E-state index is 4.37. The lowest BCUT2D eigenvalue weighted by Crippen LogP contribution is -1.97. The minimum Gasteiger partial charge on any atom is -0.290 e. The van der Waals surface area contributed by atoms with Gasteiger partial charge in [-0.1, -0.05) is 24.3 Å². The summed E-state index contributed by atoms with van der Waals surface area (Å²) in [5.41, 5.74) is 3.70. The van der Waals surface area contributed by atoms with E-state index in [0.717, 1.165) is 12.3 Å². The highest BCUT2D eigenvalue weighted by atomic mass is 14.7. The normalized spacial score (nSPS) is 11.8. The van der Waals surface area contributed by atoms with Gasteiger partial charge in [0, 0.05) is 12.3 Å². The van der Waals surface area contributed by atoms with Crippen LogP contribution in [0.5, 0.6) is 0 Å². The third-order valence-corrected chi connectivity index (χ3v) is 1.93. The van der Waals surface area contributed by atoms with Crippen LogP contribution in [0.1, 0.15) is 25.0 Å². The standard InChI is InChI=1S/C11H15N/c1-4-12-10(3)11-8-6-5-7-9(11)2/h5-8H,4H2,1-3H3. The maximum atomic E-state index is 4.37. The molecule has 1 aromatic rings. The molecule has 1 aromatic carbocycles. The van der Waals surface area contributed by atoms with E-state index in [4.69, 9.17) is 0 Å². The second kappa shape index (κ2) is 4.05. The molecule has 0 bridgehead atoms. The van der Waals surface area contributed by atoms with E-state index in [1.54, 1.807) is 0 Å². The SMILES string of the molecule is CCN=C(C)c1ccccc1C. The fourth-order valence-corrected chi connectivity index (χ4v) is 1.30. The predicted molar refractivity (Wildman–Crippen MR) is 53.9 cm³/mol. The Morgan fingerprint density at radius 3 is 2.58 bits per heavy atom. The van der Waals surface area contributed by atoms with Crippen LogP contribution in [0.2, 0.25) is 0 Å². The lowest BCUT2D eigenvalue weighted by Gasteiger charge is -2.03. The molecule has 1 rings (SSSR count). The molecule has 64 valence electrons. The number of benzene rings is 1. The van der Waals surface area contributed by atoms with Crippen molar-refractivity contribution in [3.05, 3.63) is 35.4 Å². The van der Waals surface area contributed by atoms with Gasteiger partial charge in [-0.15, -0.1) is 0 Å². The fraction of sp³-hybridized carbons (Fsp3) is 0.364. The molecule has 0 fully saturated rings. The molecule has 0 unspecified atom stereocenters. The molecule has 1 heteroatoms. The molecule has 0 atom stereocenters. The fourth-order valence-electron chi connectivity index (χ4n) is 1.30. The van der Waals surface area contributed by atoms with Gasteiger partial charge in [0.05, 0.1) is 0 Å². The van der Waals surface area contributed by atoms with Crippen LogP contribution in [0, 0.1) is 6.92 Å². The van der Waals surface area contributed by atoms with Crippen LogP contribution < -0.4 is 0 Å². The zero-order valence-corrected chi connectivity index (χ0v) is 7.96. The molecule has 0 N–H and O–H groups in total. The summed E-state index contributed by atoms with van der Waals surface area (Å²) in [5.74, 6) is 0. The highest BCUT2D eigenvalue weighted by Crippen LogP contribution is 2.07. The van der Waals surface area contributed by atoms with E-state index in [9.17, 15) is 0 Å². The van der Waals surface area contributed by atoms with Crippen LogP contribution in [-0.2, 0) is 0 Å². The maximum Gasteiger partial charge on any atom is 0.0392 e. The number of aliphatic imine (C=N–C) groups is 1. The lowest BCUT2D eigenvalue weighted by molar-refractivity contribution is 1.12. The van der Waals surface area contributed by atoms with Gasteiger partial charge in [-0.25, -0.2) is 0 Å². The van der Waals surface area contributed by atoms with E-state index in [0.29, 0.717) is 0 Å². The zero-order chi connectivity index (χ0) is 8.97. The van der Waals surface area contributed by atoms with Crippen LogP contribution in [0.25, 0.3) is 0 Å². The van der Waals surface area contributed by atoms with Crippen LogP contribution in [0.15, 0.2) is 29.3 Å². The van der Waals surface area contributed by atoms with E-state index >= 15 is 0 Å². The summed E-state index contributed by atoms with van der Waals surface area (Å²) in [6.07, 6.45) is 0. The van der Waals surface area contributed by atoms with Gasteiger partial charge >= 0.3 is 0 Å². The number of aryl methyl sites for hydroxylation is 1. The molecule has 1 nitrogen and oxygen atoms in total. The minimum atomic E-state index is 0.861. The minimum absolute atomic E-state index is 0.861. The molecule has 0 aliphatic rings. The van der Waals surface area contributed by atoms with E-state index in [1.807, 2.05) is 0 Å². The Hall–Kier alpha value is -1.11. The van der Waals surface area contributed by atoms with Crippen molar-refractivity contribution in [2.75, 3.05) is 6.54 Å². The van der Waals surface area contributed by atoms with E-state index in [2.05, 4.69) is 50.0 Å². The van der Waals surface area contributed by atoms with Gasteiger partial charge in [0.15, 0.2) is 0 Å². The summed E-state index contributed by atoms with van der Waals surface area (Å²) in [6.45, 7) is 7.10. The van der Waals surface area contributed by atoms with Crippen molar-refractivity contribution in [3.8, 4) is 0 Å². The topological polar surface area (TPSA) is 12.4 Å². The average molecular weight is 161 g/mol. The largest absolute Gasteiger partial charge is 0.290 e. The van der Waals surface area contributed by atoms with Gasteiger partial charge < -0.3 is 0 Å². The Morgan fingerprint density at radius 2 is 2.00 bits per heavy atom. The zero-order valence-electron chi connectivity index (χ0n) is 7.96. The van der Waals surface area contributed by atoms with Gasteiger partial charge in [0.25, 0.3) is 0 Å². The quantitative estimate of drug-likeness (QED) is 0.591. The van der Waals surface area contributed by atoms with Gasteiger partial charge in [-0.2, -0.15) is 0 Å². The third-order valence-electron chi connectivity index (χ3n) is 1.93. The van der Waals surface area contributed by atoms with Crippen LogP contribution in [0.4, 0.5) is 0 Å². The number of hydrogen-bond donors (Lipinski definition) is 0. The first kappa shape index (κ1) is 8.98. The van der Waals surface area contributed by atoms with E-state index in [-0.39, 0.29) is 0 Å². The summed E-state index contributed by atoms with van der Waals surface area (Å²) >= 11 is 0. The summed E-state index contributed by atoms with van der Waals surface area (Å²) < 4.78 is 0. The van der Waals surface area contributed by atoms with Gasteiger partial charge in [-0.3, -0.25) is 4.99 Å². The van der Waals surface area contributed by atoms with Crippen molar-refractivity contribution in [3.63, 3.8) is 0 Å². The molecule has 0 amide bonds. The highest BCUT2D eigenvalue weighted by molar-refractivity contribution is 5.99. The Bertz CT molecular complexity index is 287. The van der Waals surface area contributed by atoms with Crippen molar-refractivity contribution in [2.45, 2.75) is 20.8 Å². The Labute approximate surface area is 74.2 Å². The second-order valence-electron chi connectivity index (χ2n) is 2.87. The molecule has 0 saturated heterocycles. The van der Waals surface area contributed by atoms with Crippen molar-refractivity contribution in [1.29, 1.82) is 0 Å². The molecule has 12 heavy (non-hydrogen) atoms. The molecule has 0 spiro atoms. The monoisotopic (exact) mass is 161 g/mol. The lowest BCUT2D eigenvalue weighted by atomic mass is 10.1. The molecule has 0 saturated carbocycles. The smallest absolute Gasteiger partial charge is 0.0392 e. The first-order valence-corrected chi connectivity index (χ1v) is 4.32. The molecule has 0 aromatic heterocycles. The molecule has 0 aliphatic carbocycles. The van der Waals surface area contributed by atoms with Crippen LogP contribution in [-0.4, -0.2) is 12.3 Å². The first-order valence-electron chi connectivity index (χ1n) is 4.32. The molecule has 0 aliphatic heterocycles. The van der Waals surface area contributed by atoms with Gasteiger partial charge in [0.2, 0.25) is 0 Å². The van der Waals surface area contributed by atoms with Gasteiger partial charge in [-0.05, 0) is 31.9 Å². The summed E-state index contributed by atoms with van der Waals surface area (Å²) in [4.78, 5) is 4.37. The van der Waals surface area contributed by atoms with Gasteiger partial charge in [0.1, 0.15) is 0 Å². The number of rotatable bonds is 2. The third kappa shape index (κ3) is 1.94. The molecular formula is C11H15N. The predicted octanol–water partition coefficient (Wildman–Crippen LogP) is 2.82. The Morgan fingerprint density at radius 1 is 1.33 bits per heavy atom. The van der Waals surface area contributed by atoms with Crippen molar-refractivity contribution in [2.24, 2.45) is 4.99 Å². The van der Waals surface area contributed by atoms with E-state index in [1.165, 1.54) is 11.1 Å². The summed E-state index contributed by atoms with van der Waals surface area (Å²) in [7, 11) is 0.